The van der Waals surface area contributed by atoms with E-state index in [9.17, 15) is 9.90 Å². The standard InChI is InChI=1S/C44H87NO5/c1-5-7-9-11-12-13-14-15-16-17-18-19-22-25-28-32-37-43(50-44(47)49-40-34-38-45(3)4)41-48-39-33-29-26-23-20-21-24-27-31-36-42(46)35-30-10-8-6-2/h27,31,42-43,46H,5-26,28-30,32-41H2,1-4H3/b31-27-. The quantitative estimate of drug-likeness (QED) is 0.0388. The summed E-state index contributed by atoms with van der Waals surface area (Å²) in [7, 11) is 4.04. The SMILES string of the molecule is CCCCCCCCCCCCCCCCCCC(COCCCCCCCC/C=C\CC(O)CCCCCC)OC(=O)OCCCN(C)C. The Labute approximate surface area is 312 Å². The minimum absolute atomic E-state index is 0.169. The molecule has 0 spiro atoms. The fourth-order valence-electron chi connectivity index (χ4n) is 6.49. The zero-order valence-electron chi connectivity index (χ0n) is 34.1. The van der Waals surface area contributed by atoms with E-state index in [0.29, 0.717) is 13.2 Å². The molecule has 0 heterocycles. The first-order valence-electron chi connectivity index (χ1n) is 21.9. The van der Waals surface area contributed by atoms with Gasteiger partial charge in [0, 0.05) is 13.2 Å². The van der Waals surface area contributed by atoms with Gasteiger partial charge in [-0.25, -0.2) is 4.79 Å². The molecule has 0 bridgehead atoms. The van der Waals surface area contributed by atoms with Gasteiger partial charge in [-0.15, -0.1) is 0 Å². The van der Waals surface area contributed by atoms with Crippen LogP contribution in [0, 0.1) is 0 Å². The highest BCUT2D eigenvalue weighted by Crippen LogP contribution is 2.16. The molecule has 0 aromatic carbocycles. The van der Waals surface area contributed by atoms with Crippen molar-refractivity contribution in [3.63, 3.8) is 0 Å². The van der Waals surface area contributed by atoms with Crippen LogP contribution in [0.1, 0.15) is 213 Å². The van der Waals surface area contributed by atoms with Crippen LogP contribution in [0.4, 0.5) is 4.79 Å². The number of aliphatic hydroxyl groups excluding tert-OH is 1. The van der Waals surface area contributed by atoms with Gasteiger partial charge in [-0.3, -0.25) is 0 Å². The van der Waals surface area contributed by atoms with Crippen LogP contribution in [0.15, 0.2) is 12.2 Å². The van der Waals surface area contributed by atoms with Crippen LogP contribution >= 0.6 is 0 Å². The molecule has 0 aliphatic carbocycles. The van der Waals surface area contributed by atoms with Crippen molar-refractivity contribution in [2.75, 3.05) is 40.5 Å². The van der Waals surface area contributed by atoms with Gasteiger partial charge in [0.2, 0.25) is 0 Å². The Kier molecular flexibility index (Phi) is 39.8. The summed E-state index contributed by atoms with van der Waals surface area (Å²) in [5, 5.41) is 10.1. The second-order valence-electron chi connectivity index (χ2n) is 15.3. The van der Waals surface area contributed by atoms with Gasteiger partial charge in [-0.2, -0.15) is 0 Å². The summed E-state index contributed by atoms with van der Waals surface area (Å²) in [6, 6.07) is 0. The molecule has 0 saturated heterocycles. The fraction of sp³-hybridized carbons (Fsp3) is 0.932. The van der Waals surface area contributed by atoms with Crippen LogP contribution in [0.25, 0.3) is 0 Å². The van der Waals surface area contributed by atoms with Crippen LogP contribution < -0.4 is 0 Å². The third kappa shape index (κ3) is 39.7. The Hall–Kier alpha value is -1.11. The van der Waals surface area contributed by atoms with Gasteiger partial charge in [0.05, 0.1) is 19.3 Å². The Morgan fingerprint density at radius 2 is 1.06 bits per heavy atom. The molecule has 2 atom stereocenters. The van der Waals surface area contributed by atoms with E-state index >= 15 is 0 Å². The number of carbonyl (C=O) groups excluding carboxylic acids is 1. The molecule has 0 aromatic heterocycles. The predicted octanol–water partition coefficient (Wildman–Crippen LogP) is 13.1. The van der Waals surface area contributed by atoms with Gasteiger partial charge < -0.3 is 24.2 Å². The number of unbranched alkanes of at least 4 members (excludes halogenated alkanes) is 24. The van der Waals surface area contributed by atoms with Crippen molar-refractivity contribution in [1.82, 2.24) is 4.90 Å². The molecule has 0 aliphatic heterocycles. The van der Waals surface area contributed by atoms with Crippen LogP contribution in [-0.2, 0) is 14.2 Å². The maximum Gasteiger partial charge on any atom is 0.508 e. The molecule has 0 saturated carbocycles. The molecule has 0 rings (SSSR count). The Balaban J connectivity index is 3.96. The molecular weight excluding hydrogens is 622 g/mol. The van der Waals surface area contributed by atoms with Crippen molar-refractivity contribution < 1.29 is 24.1 Å². The molecule has 0 radical (unpaired) electrons. The summed E-state index contributed by atoms with van der Waals surface area (Å²) in [5.41, 5.74) is 0. The van der Waals surface area contributed by atoms with Crippen LogP contribution in [-0.4, -0.2) is 68.8 Å². The molecule has 1 N–H and O–H groups in total. The van der Waals surface area contributed by atoms with Crippen molar-refractivity contribution in [2.45, 2.75) is 225 Å². The normalized spacial score (nSPS) is 13.0. The Bertz CT molecular complexity index is 700. The topological polar surface area (TPSA) is 68.2 Å². The number of rotatable bonds is 40. The van der Waals surface area contributed by atoms with Crippen molar-refractivity contribution in [1.29, 1.82) is 0 Å². The number of carbonyl (C=O) groups is 1. The molecule has 0 amide bonds. The third-order valence-corrected chi connectivity index (χ3v) is 9.79. The number of hydrogen-bond donors (Lipinski definition) is 1. The second-order valence-corrected chi connectivity index (χ2v) is 15.3. The van der Waals surface area contributed by atoms with E-state index in [4.69, 9.17) is 14.2 Å². The molecule has 6 nitrogen and oxygen atoms in total. The lowest BCUT2D eigenvalue weighted by atomic mass is 10.0. The van der Waals surface area contributed by atoms with E-state index < -0.39 is 6.16 Å². The summed E-state index contributed by atoms with van der Waals surface area (Å²) >= 11 is 0. The van der Waals surface area contributed by atoms with E-state index in [1.54, 1.807) is 0 Å². The monoisotopic (exact) mass is 710 g/mol. The summed E-state index contributed by atoms with van der Waals surface area (Å²) in [5.74, 6) is 0. The highest BCUT2D eigenvalue weighted by molar-refractivity contribution is 5.60. The van der Waals surface area contributed by atoms with E-state index in [-0.39, 0.29) is 12.2 Å². The van der Waals surface area contributed by atoms with E-state index in [0.717, 1.165) is 64.5 Å². The minimum atomic E-state index is -0.553. The Morgan fingerprint density at radius 1 is 0.580 bits per heavy atom. The summed E-state index contributed by atoms with van der Waals surface area (Å²) in [6.45, 7) is 6.98. The van der Waals surface area contributed by atoms with Gasteiger partial charge >= 0.3 is 6.16 Å². The zero-order chi connectivity index (χ0) is 36.6. The Morgan fingerprint density at radius 3 is 1.62 bits per heavy atom. The number of ether oxygens (including phenoxy) is 3. The van der Waals surface area contributed by atoms with E-state index in [1.165, 1.54) is 148 Å². The summed E-state index contributed by atoms with van der Waals surface area (Å²) in [4.78, 5) is 14.4. The number of nitrogens with zero attached hydrogens (tertiary/aromatic N) is 1. The molecule has 0 aromatic rings. The smallest absolute Gasteiger partial charge is 0.434 e. The number of hydrogen-bond acceptors (Lipinski definition) is 6. The first-order valence-corrected chi connectivity index (χ1v) is 21.9. The maximum atomic E-state index is 12.3. The minimum Gasteiger partial charge on any atom is -0.434 e. The third-order valence-electron chi connectivity index (χ3n) is 9.79. The molecule has 2 unspecified atom stereocenters. The predicted molar refractivity (Wildman–Crippen MR) is 215 cm³/mol. The molecule has 6 heteroatoms. The molecule has 298 valence electrons. The fourth-order valence-corrected chi connectivity index (χ4v) is 6.49. The van der Waals surface area contributed by atoms with Crippen LogP contribution in [0.2, 0.25) is 0 Å². The van der Waals surface area contributed by atoms with E-state index in [1.807, 2.05) is 14.1 Å². The maximum absolute atomic E-state index is 12.3. The summed E-state index contributed by atoms with van der Waals surface area (Å²) in [6.07, 6.45) is 41.8. The average molecular weight is 710 g/mol. The van der Waals surface area contributed by atoms with Gasteiger partial charge in [-0.1, -0.05) is 174 Å². The highest BCUT2D eigenvalue weighted by atomic mass is 16.7. The van der Waals surface area contributed by atoms with Gasteiger partial charge in [-0.05, 0) is 65.5 Å². The van der Waals surface area contributed by atoms with Crippen molar-refractivity contribution in [3.05, 3.63) is 12.2 Å². The summed E-state index contributed by atoms with van der Waals surface area (Å²) < 4.78 is 17.0. The molecule has 50 heavy (non-hydrogen) atoms. The highest BCUT2D eigenvalue weighted by Gasteiger charge is 2.16. The molecular formula is C44H87NO5. The zero-order valence-corrected chi connectivity index (χ0v) is 34.1. The lowest BCUT2D eigenvalue weighted by Gasteiger charge is -2.18. The number of allylic oxidation sites excluding steroid dienone is 1. The average Bonchev–Trinajstić information content (AvgIpc) is 3.10. The second kappa shape index (κ2) is 40.7. The van der Waals surface area contributed by atoms with E-state index in [2.05, 4.69) is 30.9 Å². The van der Waals surface area contributed by atoms with Crippen molar-refractivity contribution >= 4 is 6.16 Å². The first-order chi connectivity index (χ1) is 24.5. The van der Waals surface area contributed by atoms with Gasteiger partial charge in [0.25, 0.3) is 0 Å². The van der Waals surface area contributed by atoms with Gasteiger partial charge in [0.15, 0.2) is 0 Å². The van der Waals surface area contributed by atoms with Gasteiger partial charge in [0.1, 0.15) is 6.10 Å². The van der Waals surface area contributed by atoms with Crippen LogP contribution in [0.3, 0.4) is 0 Å². The molecule has 0 aliphatic rings. The van der Waals surface area contributed by atoms with Crippen LogP contribution in [0.5, 0.6) is 0 Å². The lowest BCUT2D eigenvalue weighted by Crippen LogP contribution is -2.25. The van der Waals surface area contributed by atoms with Crippen molar-refractivity contribution in [2.24, 2.45) is 0 Å². The van der Waals surface area contributed by atoms with Crippen molar-refractivity contribution in [3.8, 4) is 0 Å². The largest absolute Gasteiger partial charge is 0.508 e. The molecule has 0 fully saturated rings. The number of aliphatic hydroxyl groups is 1. The first kappa shape index (κ1) is 48.9. The lowest BCUT2D eigenvalue weighted by molar-refractivity contribution is -0.0211.